The lowest BCUT2D eigenvalue weighted by Gasteiger charge is -2.29. The predicted molar refractivity (Wildman–Crippen MR) is 110 cm³/mol. The van der Waals surface area contributed by atoms with Gasteiger partial charge in [-0.05, 0) is 50.7 Å². The first-order valence-electron chi connectivity index (χ1n) is 9.73. The number of nitrogens with one attached hydrogen (secondary N) is 2. The molecule has 2 N–H and O–H groups in total. The van der Waals surface area contributed by atoms with Gasteiger partial charge in [-0.15, -0.1) is 0 Å². The third kappa shape index (κ3) is 4.15. The summed E-state index contributed by atoms with van der Waals surface area (Å²) in [6, 6.07) is 7.93. The fourth-order valence-corrected chi connectivity index (χ4v) is 5.55. The van der Waals surface area contributed by atoms with Crippen LogP contribution < -0.4 is 5.32 Å². The molecule has 0 spiro atoms. The quantitative estimate of drug-likeness (QED) is 0.804. The molecule has 2 heterocycles. The fourth-order valence-electron chi connectivity index (χ4n) is 3.68. The molecule has 1 aliphatic heterocycles. The highest BCUT2D eigenvalue weighted by Gasteiger charge is 2.33. The minimum Gasteiger partial charge on any atom is -0.353 e. The molecule has 2 aromatic rings. The van der Waals surface area contributed by atoms with Crippen molar-refractivity contribution in [2.75, 3.05) is 13.1 Å². The second-order valence-electron chi connectivity index (χ2n) is 7.83. The molecule has 3 rings (SSSR count). The van der Waals surface area contributed by atoms with E-state index in [4.69, 9.17) is 0 Å². The first-order valence-corrected chi connectivity index (χ1v) is 11.2. The van der Waals surface area contributed by atoms with Crippen LogP contribution in [-0.2, 0) is 16.6 Å². The van der Waals surface area contributed by atoms with Gasteiger partial charge in [-0.3, -0.25) is 4.79 Å². The Labute approximate surface area is 167 Å². The average molecular weight is 404 g/mol. The largest absolute Gasteiger partial charge is 0.353 e. The van der Waals surface area contributed by atoms with Crippen molar-refractivity contribution in [3.63, 3.8) is 0 Å². The third-order valence-corrected chi connectivity index (χ3v) is 7.68. The zero-order valence-electron chi connectivity index (χ0n) is 17.0. The number of piperidine rings is 1. The number of hydrogen-bond acceptors (Lipinski definition) is 3. The van der Waals surface area contributed by atoms with Crippen LogP contribution in [-0.4, -0.2) is 36.7 Å². The second kappa shape index (κ2) is 8.09. The van der Waals surface area contributed by atoms with Crippen molar-refractivity contribution in [1.82, 2.24) is 14.6 Å². The molecule has 152 valence electrons. The summed E-state index contributed by atoms with van der Waals surface area (Å²) in [5.41, 5.74) is 3.46. The molecule has 0 saturated carbocycles. The van der Waals surface area contributed by atoms with Gasteiger partial charge >= 0.3 is 0 Å². The second-order valence-corrected chi connectivity index (χ2v) is 9.71. The van der Waals surface area contributed by atoms with E-state index in [1.807, 2.05) is 31.2 Å². The van der Waals surface area contributed by atoms with Crippen molar-refractivity contribution in [1.29, 1.82) is 0 Å². The summed E-state index contributed by atoms with van der Waals surface area (Å²) in [6.45, 7) is 9.02. The van der Waals surface area contributed by atoms with Crippen molar-refractivity contribution < 1.29 is 13.2 Å². The Morgan fingerprint density at radius 3 is 2.36 bits per heavy atom. The molecule has 0 aliphatic carbocycles. The summed E-state index contributed by atoms with van der Waals surface area (Å²) in [6.07, 6.45) is 1.73. The maximum absolute atomic E-state index is 13.2. The summed E-state index contributed by atoms with van der Waals surface area (Å²) >= 11 is 0. The van der Waals surface area contributed by atoms with Gasteiger partial charge in [0.25, 0.3) is 5.91 Å². The fraction of sp³-hybridized carbons (Fsp3) is 0.476. The van der Waals surface area contributed by atoms with E-state index in [1.165, 1.54) is 0 Å². The van der Waals surface area contributed by atoms with Crippen LogP contribution in [0.15, 0.2) is 29.2 Å². The molecular weight excluding hydrogens is 374 g/mol. The van der Waals surface area contributed by atoms with Gasteiger partial charge in [0.2, 0.25) is 10.0 Å². The number of aryl methyl sites for hydroxylation is 2. The van der Waals surface area contributed by atoms with Crippen molar-refractivity contribution in [3.05, 3.63) is 52.3 Å². The van der Waals surface area contributed by atoms with E-state index in [2.05, 4.69) is 17.2 Å². The van der Waals surface area contributed by atoms with Gasteiger partial charge in [-0.2, -0.15) is 4.31 Å². The maximum atomic E-state index is 13.2. The van der Waals surface area contributed by atoms with Crippen LogP contribution in [0.1, 0.15) is 52.6 Å². The van der Waals surface area contributed by atoms with E-state index in [9.17, 15) is 13.2 Å². The molecule has 6 nitrogen and oxygen atoms in total. The summed E-state index contributed by atoms with van der Waals surface area (Å²) in [4.78, 5) is 15.9. The number of H-pyrrole nitrogens is 1. The van der Waals surface area contributed by atoms with Crippen LogP contribution in [0.4, 0.5) is 0 Å². The van der Waals surface area contributed by atoms with Gasteiger partial charge < -0.3 is 10.3 Å². The Hall–Kier alpha value is -2.12. The Balaban J connectivity index is 1.79. The van der Waals surface area contributed by atoms with Gasteiger partial charge in [0.1, 0.15) is 10.6 Å². The number of rotatable bonds is 5. The molecule has 28 heavy (non-hydrogen) atoms. The molecule has 7 heteroatoms. The van der Waals surface area contributed by atoms with Crippen LogP contribution in [0.25, 0.3) is 0 Å². The number of nitrogens with zero attached hydrogens (tertiary/aromatic N) is 1. The van der Waals surface area contributed by atoms with Crippen LogP contribution in [0.5, 0.6) is 0 Å². The number of aromatic amines is 1. The van der Waals surface area contributed by atoms with Crippen LogP contribution in [0, 0.1) is 26.7 Å². The minimum atomic E-state index is -3.61. The number of sulfonamides is 1. The molecule has 1 amide bonds. The van der Waals surface area contributed by atoms with E-state index in [1.54, 1.807) is 18.2 Å². The van der Waals surface area contributed by atoms with Crippen LogP contribution in [0.3, 0.4) is 0 Å². The van der Waals surface area contributed by atoms with Crippen LogP contribution >= 0.6 is 0 Å². The highest BCUT2D eigenvalue weighted by atomic mass is 32.2. The number of benzene rings is 1. The van der Waals surface area contributed by atoms with Crippen LogP contribution in [0.2, 0.25) is 0 Å². The molecule has 0 atom stereocenters. The van der Waals surface area contributed by atoms with E-state index in [0.717, 1.165) is 24.0 Å². The Kier molecular flexibility index (Phi) is 5.95. The highest BCUT2D eigenvalue weighted by molar-refractivity contribution is 7.89. The Morgan fingerprint density at radius 2 is 1.75 bits per heavy atom. The van der Waals surface area contributed by atoms with Gasteiger partial charge in [-0.25, -0.2) is 8.42 Å². The molecule has 1 saturated heterocycles. The van der Waals surface area contributed by atoms with E-state index < -0.39 is 10.0 Å². The lowest BCUT2D eigenvalue weighted by molar-refractivity contribution is 0.0945. The van der Waals surface area contributed by atoms with E-state index >= 15 is 0 Å². The SMILES string of the molecule is Cc1ccc(CNC(=O)c2[nH]c(C)c(S(=O)(=O)N3CCC(C)CC3)c2C)cc1. The number of aromatic nitrogens is 1. The zero-order chi connectivity index (χ0) is 20.5. The number of amides is 1. The highest BCUT2D eigenvalue weighted by Crippen LogP contribution is 2.29. The molecule has 1 aromatic heterocycles. The smallest absolute Gasteiger partial charge is 0.268 e. The number of carbonyl (C=O) groups is 1. The number of carbonyl (C=O) groups excluding carboxylic acids is 1. The van der Waals surface area contributed by atoms with Gasteiger partial charge in [0.15, 0.2) is 0 Å². The average Bonchev–Trinajstić information content (AvgIpc) is 2.96. The van der Waals surface area contributed by atoms with Gasteiger partial charge in [0, 0.05) is 25.3 Å². The van der Waals surface area contributed by atoms with E-state index in [-0.39, 0.29) is 10.8 Å². The molecule has 0 radical (unpaired) electrons. The van der Waals surface area contributed by atoms with E-state index in [0.29, 0.717) is 42.5 Å². The van der Waals surface area contributed by atoms with Crippen molar-refractivity contribution in [2.24, 2.45) is 5.92 Å². The standard InChI is InChI=1S/C21H29N3O3S/c1-14-5-7-18(8-6-14)13-22-21(25)19-16(3)20(17(4)23-19)28(26,27)24-11-9-15(2)10-12-24/h5-8,15,23H,9-13H2,1-4H3,(H,22,25). The summed E-state index contributed by atoms with van der Waals surface area (Å²) in [5.74, 6) is 0.248. The monoisotopic (exact) mass is 403 g/mol. The summed E-state index contributed by atoms with van der Waals surface area (Å²) in [7, 11) is -3.61. The predicted octanol–water partition coefficient (Wildman–Crippen LogP) is 3.29. The maximum Gasteiger partial charge on any atom is 0.268 e. The molecule has 0 bridgehead atoms. The molecule has 1 fully saturated rings. The molecule has 1 aliphatic rings. The zero-order valence-corrected chi connectivity index (χ0v) is 17.8. The normalized spacial score (nSPS) is 16.3. The van der Waals surface area contributed by atoms with Gasteiger partial charge in [-0.1, -0.05) is 36.8 Å². The third-order valence-electron chi connectivity index (χ3n) is 5.51. The van der Waals surface area contributed by atoms with Crippen molar-refractivity contribution in [2.45, 2.75) is 52.0 Å². The first-order chi connectivity index (χ1) is 13.2. The number of hydrogen-bond donors (Lipinski definition) is 2. The van der Waals surface area contributed by atoms with Crippen molar-refractivity contribution >= 4 is 15.9 Å². The van der Waals surface area contributed by atoms with Gasteiger partial charge in [0.05, 0.1) is 0 Å². The topological polar surface area (TPSA) is 82.3 Å². The lowest BCUT2D eigenvalue weighted by atomic mass is 10.0. The Bertz CT molecular complexity index is 954. The molecule has 1 aromatic carbocycles. The lowest BCUT2D eigenvalue weighted by Crippen LogP contribution is -2.38. The molecular formula is C21H29N3O3S. The molecule has 0 unspecified atom stereocenters. The summed E-state index contributed by atoms with van der Waals surface area (Å²) < 4.78 is 27.9. The Morgan fingerprint density at radius 1 is 1.14 bits per heavy atom. The minimum absolute atomic E-state index is 0.238. The summed E-state index contributed by atoms with van der Waals surface area (Å²) in [5, 5.41) is 2.87. The van der Waals surface area contributed by atoms with Crippen molar-refractivity contribution in [3.8, 4) is 0 Å². The first kappa shape index (κ1) is 20.6.